The van der Waals surface area contributed by atoms with Crippen LogP contribution in [-0.2, 0) is 27.9 Å². The lowest BCUT2D eigenvalue weighted by atomic mass is 10.0. The third-order valence-corrected chi connectivity index (χ3v) is 11.0. The van der Waals surface area contributed by atoms with E-state index < -0.39 is 13.9 Å². The molecule has 0 aromatic heterocycles. The van der Waals surface area contributed by atoms with Gasteiger partial charge in [0.25, 0.3) is 0 Å². The van der Waals surface area contributed by atoms with E-state index in [0.717, 1.165) is 32.1 Å². The number of phosphoric acid groups is 1. The van der Waals surface area contributed by atoms with Gasteiger partial charge in [0.2, 0.25) is 0 Å². The van der Waals surface area contributed by atoms with Crippen molar-refractivity contribution >= 4 is 13.8 Å². The number of hydrogen-bond acceptors (Lipinski definition) is 7. The molecule has 0 aromatic carbocycles. The van der Waals surface area contributed by atoms with Crippen LogP contribution in [0.4, 0.5) is 0 Å². The number of unbranched alkanes of at least 4 members (excludes halogenated alkanes) is 31. The average molecular weight is 774 g/mol. The van der Waals surface area contributed by atoms with Crippen molar-refractivity contribution in [3.8, 4) is 0 Å². The van der Waals surface area contributed by atoms with Gasteiger partial charge >= 0.3 is 13.8 Å². The molecule has 0 heterocycles. The first-order valence-corrected chi connectivity index (χ1v) is 24.2. The number of hydrogen-bond donors (Lipinski definition) is 2. The van der Waals surface area contributed by atoms with Crippen molar-refractivity contribution in [3.05, 3.63) is 12.3 Å². The SMILES string of the molecule is CCCCCCCCCCCCCCCC/C=C/OC[C@H](COP(=O)(O)OCCN)OC(=O)CCCCCCCCCCCCCCCCCCCC. The van der Waals surface area contributed by atoms with Gasteiger partial charge in [0.1, 0.15) is 6.61 Å². The molecular formula is C44H88NO7P. The molecule has 0 aliphatic carbocycles. The molecule has 3 N–H and O–H groups in total. The van der Waals surface area contributed by atoms with Crippen LogP contribution < -0.4 is 5.73 Å². The van der Waals surface area contributed by atoms with Crippen LogP contribution in [0.15, 0.2) is 12.3 Å². The number of nitrogens with two attached hydrogens (primary N) is 1. The van der Waals surface area contributed by atoms with Crippen molar-refractivity contribution in [2.45, 2.75) is 238 Å². The zero-order chi connectivity index (χ0) is 38.8. The van der Waals surface area contributed by atoms with Crippen LogP contribution in [0.1, 0.15) is 232 Å². The molecule has 0 fully saturated rings. The first kappa shape index (κ1) is 52.1. The average Bonchev–Trinajstić information content (AvgIpc) is 3.15. The van der Waals surface area contributed by atoms with Crippen molar-refractivity contribution in [3.63, 3.8) is 0 Å². The summed E-state index contributed by atoms with van der Waals surface area (Å²) in [6.45, 7) is 4.29. The molecule has 8 nitrogen and oxygen atoms in total. The van der Waals surface area contributed by atoms with E-state index in [4.69, 9.17) is 24.3 Å². The molecule has 0 spiro atoms. The minimum absolute atomic E-state index is 0.0387. The second kappa shape index (κ2) is 42.2. The lowest BCUT2D eigenvalue weighted by molar-refractivity contribution is -0.153. The van der Waals surface area contributed by atoms with Gasteiger partial charge in [-0.05, 0) is 25.3 Å². The molecule has 0 radical (unpaired) electrons. The zero-order valence-corrected chi connectivity index (χ0v) is 35.9. The summed E-state index contributed by atoms with van der Waals surface area (Å²) in [4.78, 5) is 22.5. The van der Waals surface area contributed by atoms with E-state index in [1.54, 1.807) is 6.26 Å². The Kier molecular flexibility index (Phi) is 41.5. The van der Waals surface area contributed by atoms with E-state index in [1.807, 2.05) is 6.08 Å². The molecule has 0 aromatic rings. The number of carbonyl (C=O) groups excluding carboxylic acids is 1. The van der Waals surface area contributed by atoms with E-state index in [-0.39, 0.29) is 32.3 Å². The minimum atomic E-state index is -4.29. The van der Waals surface area contributed by atoms with Crippen LogP contribution >= 0.6 is 7.82 Å². The number of phosphoric ester groups is 1. The normalized spacial score (nSPS) is 13.4. The third kappa shape index (κ3) is 42.1. The van der Waals surface area contributed by atoms with Gasteiger partial charge in [-0.1, -0.05) is 206 Å². The monoisotopic (exact) mass is 774 g/mol. The first-order chi connectivity index (χ1) is 25.9. The van der Waals surface area contributed by atoms with E-state index in [9.17, 15) is 14.3 Å². The van der Waals surface area contributed by atoms with Crippen LogP contribution in [-0.4, -0.2) is 43.3 Å². The van der Waals surface area contributed by atoms with Crippen molar-refractivity contribution in [2.75, 3.05) is 26.4 Å². The summed E-state index contributed by atoms with van der Waals surface area (Å²) >= 11 is 0. The molecule has 0 rings (SSSR count). The van der Waals surface area contributed by atoms with Gasteiger partial charge in [-0.25, -0.2) is 4.57 Å². The fraction of sp³-hybridized carbons (Fsp3) is 0.932. The van der Waals surface area contributed by atoms with Crippen LogP contribution in [0.25, 0.3) is 0 Å². The van der Waals surface area contributed by atoms with Crippen LogP contribution in [0.2, 0.25) is 0 Å². The lowest BCUT2D eigenvalue weighted by Gasteiger charge is -2.19. The van der Waals surface area contributed by atoms with E-state index in [0.29, 0.717) is 6.42 Å². The zero-order valence-electron chi connectivity index (χ0n) is 35.0. The summed E-state index contributed by atoms with van der Waals surface area (Å²) in [5.41, 5.74) is 5.37. The van der Waals surface area contributed by atoms with E-state index >= 15 is 0 Å². The van der Waals surface area contributed by atoms with Crippen molar-refractivity contribution in [1.82, 2.24) is 0 Å². The number of rotatable bonds is 44. The minimum Gasteiger partial charge on any atom is -0.498 e. The third-order valence-electron chi connectivity index (χ3n) is 10.0. The van der Waals surface area contributed by atoms with Crippen molar-refractivity contribution in [1.29, 1.82) is 0 Å². The molecule has 0 saturated carbocycles. The van der Waals surface area contributed by atoms with Crippen LogP contribution in [0, 0.1) is 0 Å². The maximum Gasteiger partial charge on any atom is 0.472 e. The fourth-order valence-corrected chi connectivity index (χ4v) is 7.44. The summed E-state index contributed by atoms with van der Waals surface area (Å²) in [6.07, 6.45) is 46.1. The molecule has 0 saturated heterocycles. The predicted molar refractivity (Wildman–Crippen MR) is 224 cm³/mol. The maximum atomic E-state index is 12.6. The van der Waals surface area contributed by atoms with Gasteiger partial charge in [0.05, 0.1) is 19.5 Å². The maximum absolute atomic E-state index is 12.6. The highest BCUT2D eigenvalue weighted by Crippen LogP contribution is 2.43. The van der Waals surface area contributed by atoms with Gasteiger partial charge in [-0.2, -0.15) is 0 Å². The van der Waals surface area contributed by atoms with Gasteiger partial charge in [-0.15, -0.1) is 0 Å². The second-order valence-corrected chi connectivity index (χ2v) is 16.8. The summed E-state index contributed by atoms with van der Waals surface area (Å²) in [5.74, 6) is -0.347. The van der Waals surface area contributed by atoms with E-state index in [2.05, 4.69) is 13.8 Å². The molecule has 2 atom stereocenters. The Morgan fingerprint density at radius 1 is 0.566 bits per heavy atom. The molecule has 53 heavy (non-hydrogen) atoms. The Balaban J connectivity index is 4.01. The smallest absolute Gasteiger partial charge is 0.472 e. The quantitative estimate of drug-likeness (QED) is 0.0272. The molecule has 9 heteroatoms. The standard InChI is InChI=1S/C44H88NO7P/c1-3-5-7-9-11-13-15-17-19-21-22-23-25-27-29-31-33-35-37-44(46)52-43(42-51-53(47,48)50-40-38-45)41-49-39-36-34-32-30-28-26-24-20-18-16-14-12-10-8-6-4-2/h36,39,43H,3-35,37-38,40-42,45H2,1-2H3,(H,47,48)/b39-36+/t43-/m1/s1. The van der Waals surface area contributed by atoms with E-state index in [1.165, 1.54) is 180 Å². The highest BCUT2D eigenvalue weighted by molar-refractivity contribution is 7.47. The Bertz CT molecular complexity index is 828. The summed E-state index contributed by atoms with van der Waals surface area (Å²) in [7, 11) is -4.29. The molecule has 0 bridgehead atoms. The number of allylic oxidation sites excluding steroid dienone is 1. The molecule has 0 amide bonds. The largest absolute Gasteiger partial charge is 0.498 e. The predicted octanol–water partition coefficient (Wildman–Crippen LogP) is 13.8. The topological polar surface area (TPSA) is 117 Å². The van der Waals surface area contributed by atoms with Crippen molar-refractivity contribution in [2.24, 2.45) is 5.73 Å². The molecule has 0 aliphatic heterocycles. The summed E-state index contributed by atoms with van der Waals surface area (Å²) < 4.78 is 33.2. The number of ether oxygens (including phenoxy) is 2. The Morgan fingerprint density at radius 3 is 1.34 bits per heavy atom. The Hall–Kier alpha value is -0.920. The number of carbonyl (C=O) groups is 1. The van der Waals surface area contributed by atoms with Gasteiger partial charge < -0.3 is 20.1 Å². The highest BCUT2D eigenvalue weighted by Gasteiger charge is 2.25. The number of esters is 1. The summed E-state index contributed by atoms with van der Waals surface area (Å²) in [6, 6.07) is 0. The molecular weight excluding hydrogens is 685 g/mol. The van der Waals surface area contributed by atoms with Gasteiger partial charge in [0.15, 0.2) is 6.10 Å². The molecule has 316 valence electrons. The lowest BCUT2D eigenvalue weighted by Crippen LogP contribution is -2.27. The second-order valence-electron chi connectivity index (χ2n) is 15.3. The summed E-state index contributed by atoms with van der Waals surface area (Å²) in [5, 5.41) is 0. The van der Waals surface area contributed by atoms with Gasteiger partial charge in [-0.3, -0.25) is 13.8 Å². The fourth-order valence-electron chi connectivity index (χ4n) is 6.67. The Morgan fingerprint density at radius 2 is 0.943 bits per heavy atom. The highest BCUT2D eigenvalue weighted by atomic mass is 31.2. The van der Waals surface area contributed by atoms with Crippen molar-refractivity contribution < 1.29 is 32.8 Å². The molecule has 1 unspecified atom stereocenters. The molecule has 0 aliphatic rings. The van der Waals surface area contributed by atoms with Crippen LogP contribution in [0.3, 0.4) is 0 Å². The Labute approximate surface area is 328 Å². The van der Waals surface area contributed by atoms with Gasteiger partial charge in [0, 0.05) is 13.0 Å². The van der Waals surface area contributed by atoms with Crippen LogP contribution in [0.5, 0.6) is 0 Å². The first-order valence-electron chi connectivity index (χ1n) is 22.7.